The first kappa shape index (κ1) is 18.4. The summed E-state index contributed by atoms with van der Waals surface area (Å²) >= 11 is 0. The van der Waals surface area contributed by atoms with Gasteiger partial charge >= 0.3 is 5.97 Å². The maximum Gasteiger partial charge on any atom is 0.335 e. The fourth-order valence-electron chi connectivity index (χ4n) is 3.00. The summed E-state index contributed by atoms with van der Waals surface area (Å²) in [6.45, 7) is 2.21. The van der Waals surface area contributed by atoms with E-state index in [2.05, 4.69) is 0 Å². The topological polar surface area (TPSA) is 169 Å². The van der Waals surface area contributed by atoms with Gasteiger partial charge in [0.25, 0.3) is 0 Å². The lowest BCUT2D eigenvalue weighted by atomic mass is 9.54. The molecule has 0 spiro atoms. The van der Waals surface area contributed by atoms with Crippen molar-refractivity contribution >= 4 is 23.3 Å². The van der Waals surface area contributed by atoms with Gasteiger partial charge < -0.3 is 25.5 Å². The molecule has 5 N–H and O–H groups in total. The van der Waals surface area contributed by atoms with E-state index in [1.54, 1.807) is 0 Å². The van der Waals surface area contributed by atoms with Gasteiger partial charge in [0.1, 0.15) is 0 Å². The lowest BCUT2D eigenvalue weighted by molar-refractivity contribution is -0.270. The van der Waals surface area contributed by atoms with Crippen LogP contribution in [-0.4, -0.2) is 71.3 Å². The number of hydrogen-bond acceptors (Lipinski definition) is 8. The molecule has 9 heteroatoms. The number of aliphatic carboxylic acids is 1. The van der Waals surface area contributed by atoms with E-state index in [1.807, 2.05) is 0 Å². The fourth-order valence-corrected chi connectivity index (χ4v) is 3.00. The van der Waals surface area contributed by atoms with Crippen LogP contribution >= 0.6 is 0 Å². The van der Waals surface area contributed by atoms with Crippen molar-refractivity contribution in [2.24, 2.45) is 0 Å². The molecule has 0 bridgehead atoms. The van der Waals surface area contributed by atoms with E-state index in [4.69, 9.17) is 5.11 Å². The SMILES string of the molecule is CC(=O)C1(O)[C@@](O)(C(C)=O)CC(O)(C(=O)O)C[C@]1(O)C(C)=O. The monoisotopic (exact) mass is 318 g/mol. The summed E-state index contributed by atoms with van der Waals surface area (Å²) < 4.78 is 0. The average molecular weight is 318 g/mol. The molecule has 124 valence electrons. The molecule has 0 heterocycles. The molecule has 0 amide bonds. The van der Waals surface area contributed by atoms with E-state index in [0.717, 1.165) is 20.8 Å². The number of hydrogen-bond donors (Lipinski definition) is 5. The minimum Gasteiger partial charge on any atom is -0.479 e. The molecule has 0 aromatic heterocycles. The van der Waals surface area contributed by atoms with Gasteiger partial charge in [-0.15, -0.1) is 0 Å². The molecule has 1 fully saturated rings. The van der Waals surface area contributed by atoms with Crippen LogP contribution in [0.1, 0.15) is 33.6 Å². The summed E-state index contributed by atoms with van der Waals surface area (Å²) in [4.78, 5) is 46.6. The minimum absolute atomic E-state index is 0.729. The summed E-state index contributed by atoms with van der Waals surface area (Å²) in [5.41, 5.74) is -12.5. The quantitative estimate of drug-likeness (QED) is 0.377. The van der Waals surface area contributed by atoms with E-state index < -0.39 is 58.6 Å². The third kappa shape index (κ3) is 2.01. The van der Waals surface area contributed by atoms with Gasteiger partial charge in [0.2, 0.25) is 0 Å². The first-order valence-electron chi connectivity index (χ1n) is 6.35. The Morgan fingerprint density at radius 2 is 1.05 bits per heavy atom. The lowest BCUT2D eigenvalue weighted by Crippen LogP contribution is -2.82. The van der Waals surface area contributed by atoms with Crippen LogP contribution < -0.4 is 0 Å². The third-order valence-corrected chi connectivity index (χ3v) is 4.37. The summed E-state index contributed by atoms with van der Waals surface area (Å²) in [7, 11) is 0. The smallest absolute Gasteiger partial charge is 0.335 e. The zero-order valence-corrected chi connectivity index (χ0v) is 12.3. The molecule has 1 aliphatic carbocycles. The van der Waals surface area contributed by atoms with Crippen LogP contribution in [0.4, 0.5) is 0 Å². The van der Waals surface area contributed by atoms with Gasteiger partial charge in [0.05, 0.1) is 0 Å². The maximum atomic E-state index is 11.8. The van der Waals surface area contributed by atoms with Crippen molar-refractivity contribution in [2.75, 3.05) is 0 Å². The summed E-state index contributed by atoms with van der Waals surface area (Å²) in [5.74, 6) is -5.78. The average Bonchev–Trinajstić information content (AvgIpc) is 2.34. The molecule has 0 aliphatic heterocycles. The highest BCUT2D eigenvalue weighted by atomic mass is 16.4. The normalized spacial score (nSPS) is 41.8. The lowest BCUT2D eigenvalue weighted by Gasteiger charge is -2.55. The highest BCUT2D eigenvalue weighted by Crippen LogP contribution is 2.49. The predicted octanol–water partition coefficient (Wildman–Crippen LogP) is -2.44. The molecule has 9 nitrogen and oxygen atoms in total. The van der Waals surface area contributed by atoms with Gasteiger partial charge in [-0.25, -0.2) is 4.79 Å². The van der Waals surface area contributed by atoms with Crippen LogP contribution in [0.3, 0.4) is 0 Å². The molecule has 1 aliphatic rings. The van der Waals surface area contributed by atoms with Crippen molar-refractivity contribution in [3.63, 3.8) is 0 Å². The van der Waals surface area contributed by atoms with E-state index >= 15 is 0 Å². The van der Waals surface area contributed by atoms with Gasteiger partial charge in [-0.1, -0.05) is 0 Å². The van der Waals surface area contributed by atoms with Gasteiger partial charge in [0.15, 0.2) is 39.8 Å². The zero-order chi connectivity index (χ0) is 17.7. The Morgan fingerprint density at radius 3 is 1.23 bits per heavy atom. The van der Waals surface area contributed by atoms with Crippen molar-refractivity contribution in [3.05, 3.63) is 0 Å². The number of Topliss-reactive ketones (excluding diaryl/α,β-unsaturated/α-hetero) is 3. The maximum absolute atomic E-state index is 11.8. The van der Waals surface area contributed by atoms with Crippen molar-refractivity contribution in [2.45, 2.75) is 56.0 Å². The zero-order valence-electron chi connectivity index (χ0n) is 12.3. The van der Waals surface area contributed by atoms with Crippen molar-refractivity contribution < 1.29 is 44.7 Å². The minimum atomic E-state index is -3.28. The van der Waals surface area contributed by atoms with Crippen molar-refractivity contribution in [1.82, 2.24) is 0 Å². The van der Waals surface area contributed by atoms with Crippen LogP contribution in [0.15, 0.2) is 0 Å². The number of rotatable bonds is 4. The molecule has 0 unspecified atom stereocenters. The summed E-state index contributed by atoms with van der Waals surface area (Å²) in [5, 5.41) is 50.6. The molecule has 1 rings (SSSR count). The van der Waals surface area contributed by atoms with Crippen LogP contribution in [-0.2, 0) is 19.2 Å². The Morgan fingerprint density at radius 1 is 0.727 bits per heavy atom. The predicted molar refractivity (Wildman–Crippen MR) is 68.7 cm³/mol. The number of ketones is 3. The van der Waals surface area contributed by atoms with Crippen molar-refractivity contribution in [3.8, 4) is 0 Å². The van der Waals surface area contributed by atoms with E-state index in [9.17, 15) is 39.6 Å². The molecule has 1 saturated carbocycles. The molecule has 2 atom stereocenters. The highest BCUT2D eigenvalue weighted by molar-refractivity contribution is 6.05. The molecular formula is C13H18O9. The van der Waals surface area contributed by atoms with Crippen LogP contribution in [0.25, 0.3) is 0 Å². The van der Waals surface area contributed by atoms with Crippen LogP contribution in [0.5, 0.6) is 0 Å². The fraction of sp³-hybridized carbons (Fsp3) is 0.692. The molecular weight excluding hydrogens is 300 g/mol. The third-order valence-electron chi connectivity index (χ3n) is 4.37. The van der Waals surface area contributed by atoms with Gasteiger partial charge in [-0.2, -0.15) is 0 Å². The Balaban J connectivity index is 3.80. The Kier molecular flexibility index (Phi) is 4.10. The Hall–Kier alpha value is -1.68. The summed E-state index contributed by atoms with van der Waals surface area (Å²) in [6, 6.07) is 0. The largest absolute Gasteiger partial charge is 0.479 e. The molecule has 0 radical (unpaired) electrons. The van der Waals surface area contributed by atoms with Gasteiger partial charge in [0, 0.05) is 12.8 Å². The molecule has 0 aromatic rings. The molecule has 22 heavy (non-hydrogen) atoms. The first-order valence-corrected chi connectivity index (χ1v) is 6.35. The first-order chi connectivity index (χ1) is 9.69. The molecule has 0 aromatic carbocycles. The second-order valence-corrected chi connectivity index (χ2v) is 5.79. The molecule has 0 saturated heterocycles. The number of carbonyl (C=O) groups excluding carboxylic acids is 3. The number of aliphatic hydroxyl groups is 4. The Bertz CT molecular complexity index is 536. The van der Waals surface area contributed by atoms with Crippen LogP contribution in [0.2, 0.25) is 0 Å². The summed E-state index contributed by atoms with van der Waals surface area (Å²) in [6.07, 6.45) is -2.51. The number of carboxylic acids is 1. The van der Waals surface area contributed by atoms with E-state index in [0.29, 0.717) is 0 Å². The number of carboxylic acid groups (broad SMARTS) is 1. The van der Waals surface area contributed by atoms with E-state index in [1.165, 1.54) is 0 Å². The second-order valence-electron chi connectivity index (χ2n) is 5.79. The van der Waals surface area contributed by atoms with Crippen LogP contribution in [0, 0.1) is 0 Å². The standard InChI is InChI=1S/C13H18O9/c1-6(14)11(20)4-10(19,9(17)18)5-12(21,7(2)15)13(11,22)8(3)16/h19-22H,4-5H2,1-3H3,(H,17,18)/t10?,11-,12-,13?/m0/s1. The second kappa shape index (κ2) is 4.92. The van der Waals surface area contributed by atoms with Crippen molar-refractivity contribution in [1.29, 1.82) is 0 Å². The van der Waals surface area contributed by atoms with Gasteiger partial charge in [-0.3, -0.25) is 14.4 Å². The van der Waals surface area contributed by atoms with E-state index in [-0.39, 0.29) is 0 Å². The number of carbonyl (C=O) groups is 4. The Labute approximate surface area is 125 Å². The highest BCUT2D eigenvalue weighted by Gasteiger charge is 2.76. The van der Waals surface area contributed by atoms with Gasteiger partial charge in [-0.05, 0) is 20.8 Å².